The Bertz CT molecular complexity index is 993. The Hall–Kier alpha value is -3.48. The second-order valence-corrected chi connectivity index (χ2v) is 7.87. The molecule has 1 heterocycles. The minimum absolute atomic E-state index is 0.0381. The lowest BCUT2D eigenvalue weighted by atomic mass is 10.0. The Morgan fingerprint density at radius 2 is 1.76 bits per heavy atom. The third-order valence-electron chi connectivity index (χ3n) is 5.28. The van der Waals surface area contributed by atoms with Crippen LogP contribution in [-0.2, 0) is 25.6 Å². The number of aromatic nitrogens is 1. The molecule has 1 aromatic heterocycles. The predicted octanol–water partition coefficient (Wildman–Crippen LogP) is -1.67. The van der Waals surface area contributed by atoms with Gasteiger partial charge < -0.3 is 42.6 Å². The van der Waals surface area contributed by atoms with Gasteiger partial charge in [0.1, 0.15) is 12.1 Å². The van der Waals surface area contributed by atoms with Crippen molar-refractivity contribution < 1.29 is 29.4 Å². The molecule has 12 nitrogen and oxygen atoms in total. The van der Waals surface area contributed by atoms with Crippen molar-refractivity contribution in [3.63, 3.8) is 0 Å². The predicted molar refractivity (Wildman–Crippen MR) is 124 cm³/mol. The van der Waals surface area contributed by atoms with Gasteiger partial charge in [-0.25, -0.2) is 4.79 Å². The van der Waals surface area contributed by atoms with E-state index in [1.54, 1.807) is 6.20 Å². The Balaban J connectivity index is 1.86. The number of carboxylic acid groups (broad SMARTS) is 1. The molecule has 0 saturated heterocycles. The van der Waals surface area contributed by atoms with Gasteiger partial charge in [0, 0.05) is 23.5 Å². The summed E-state index contributed by atoms with van der Waals surface area (Å²) >= 11 is 0. The number of aromatic amines is 1. The first-order chi connectivity index (χ1) is 16.3. The number of unbranched alkanes of at least 4 members (excludes halogenated alkanes) is 1. The fraction of sp³-hybridized carbons (Fsp3) is 0.455. The zero-order valence-corrected chi connectivity index (χ0v) is 18.8. The van der Waals surface area contributed by atoms with Gasteiger partial charge >= 0.3 is 5.97 Å². The highest BCUT2D eigenvalue weighted by Gasteiger charge is 2.25. The summed E-state index contributed by atoms with van der Waals surface area (Å²) in [7, 11) is 0. The van der Waals surface area contributed by atoms with Gasteiger partial charge in [-0.15, -0.1) is 0 Å². The summed E-state index contributed by atoms with van der Waals surface area (Å²) in [5, 5.41) is 26.8. The van der Waals surface area contributed by atoms with Gasteiger partial charge in [-0.2, -0.15) is 0 Å². The number of aliphatic hydroxyl groups is 1. The van der Waals surface area contributed by atoms with Crippen LogP contribution in [0.5, 0.6) is 0 Å². The molecule has 3 unspecified atom stereocenters. The van der Waals surface area contributed by atoms with E-state index in [0.29, 0.717) is 25.8 Å². The SMILES string of the molecule is NCCCCC(N)C(=O)NC(CO)C(=O)NCC(=O)NC(Cc1c[nH]c2ccccc12)C(=O)O. The molecule has 2 rings (SSSR count). The van der Waals surface area contributed by atoms with Gasteiger partial charge in [-0.1, -0.05) is 24.6 Å². The van der Waals surface area contributed by atoms with Crippen molar-refractivity contribution in [2.75, 3.05) is 19.7 Å². The molecular formula is C22H32N6O6. The molecule has 3 atom stereocenters. The van der Waals surface area contributed by atoms with Crippen LogP contribution < -0.4 is 27.4 Å². The summed E-state index contributed by atoms with van der Waals surface area (Å²) in [6.45, 7) is -0.763. The van der Waals surface area contributed by atoms with Crippen LogP contribution in [0.3, 0.4) is 0 Å². The van der Waals surface area contributed by atoms with Crippen molar-refractivity contribution in [2.45, 2.75) is 43.8 Å². The van der Waals surface area contributed by atoms with Crippen molar-refractivity contribution >= 4 is 34.6 Å². The molecule has 34 heavy (non-hydrogen) atoms. The molecule has 3 amide bonds. The number of nitrogens with two attached hydrogens (primary N) is 2. The number of hydrogen-bond acceptors (Lipinski definition) is 7. The van der Waals surface area contributed by atoms with Gasteiger partial charge in [0.15, 0.2) is 0 Å². The summed E-state index contributed by atoms with van der Waals surface area (Å²) in [4.78, 5) is 51.4. The molecular weight excluding hydrogens is 444 g/mol. The number of carbonyl (C=O) groups is 4. The zero-order valence-electron chi connectivity index (χ0n) is 18.8. The van der Waals surface area contributed by atoms with E-state index >= 15 is 0 Å². The number of aliphatic carboxylic acids is 1. The average Bonchev–Trinajstić information content (AvgIpc) is 3.23. The van der Waals surface area contributed by atoms with Crippen molar-refractivity contribution in [1.29, 1.82) is 0 Å². The van der Waals surface area contributed by atoms with E-state index in [2.05, 4.69) is 20.9 Å². The molecule has 0 fully saturated rings. The van der Waals surface area contributed by atoms with Crippen LogP contribution >= 0.6 is 0 Å². The molecule has 10 N–H and O–H groups in total. The van der Waals surface area contributed by atoms with Crippen molar-refractivity contribution in [1.82, 2.24) is 20.9 Å². The fourth-order valence-electron chi connectivity index (χ4n) is 3.37. The highest BCUT2D eigenvalue weighted by atomic mass is 16.4. The topological polar surface area (TPSA) is 213 Å². The Morgan fingerprint density at radius 1 is 1.03 bits per heavy atom. The number of H-pyrrole nitrogens is 1. The van der Waals surface area contributed by atoms with Gasteiger partial charge in [-0.05, 0) is 31.0 Å². The minimum atomic E-state index is -1.30. The maximum Gasteiger partial charge on any atom is 0.326 e. The number of rotatable bonds is 14. The van der Waals surface area contributed by atoms with Crippen LogP contribution in [-0.4, -0.2) is 76.7 Å². The summed E-state index contributed by atoms with van der Waals surface area (Å²) in [6, 6.07) is 3.98. The maximum absolute atomic E-state index is 12.3. The van der Waals surface area contributed by atoms with E-state index in [1.165, 1.54) is 0 Å². The maximum atomic E-state index is 12.3. The number of carboxylic acids is 1. The van der Waals surface area contributed by atoms with E-state index in [1.807, 2.05) is 24.3 Å². The monoisotopic (exact) mass is 476 g/mol. The van der Waals surface area contributed by atoms with Crippen LogP contribution in [0.15, 0.2) is 30.5 Å². The molecule has 0 aliphatic heterocycles. The lowest BCUT2D eigenvalue weighted by Gasteiger charge is -2.19. The second-order valence-electron chi connectivity index (χ2n) is 7.87. The molecule has 0 aliphatic carbocycles. The third kappa shape index (κ3) is 7.83. The Morgan fingerprint density at radius 3 is 2.44 bits per heavy atom. The van der Waals surface area contributed by atoms with Gasteiger partial charge in [-0.3, -0.25) is 14.4 Å². The molecule has 0 saturated carbocycles. The number of nitrogens with one attached hydrogen (secondary N) is 4. The normalized spacial score (nSPS) is 13.6. The van der Waals surface area contributed by atoms with E-state index in [4.69, 9.17) is 11.5 Å². The van der Waals surface area contributed by atoms with Crippen LogP contribution in [0.25, 0.3) is 10.9 Å². The highest BCUT2D eigenvalue weighted by Crippen LogP contribution is 2.19. The number of para-hydroxylation sites is 1. The van der Waals surface area contributed by atoms with Crippen LogP contribution in [0.2, 0.25) is 0 Å². The first-order valence-corrected chi connectivity index (χ1v) is 11.0. The van der Waals surface area contributed by atoms with E-state index in [-0.39, 0.29) is 6.42 Å². The van der Waals surface area contributed by atoms with Crippen molar-refractivity contribution in [3.05, 3.63) is 36.0 Å². The second kappa shape index (κ2) is 13.3. The number of hydrogen-bond donors (Lipinski definition) is 8. The molecule has 0 aliphatic rings. The number of carbonyl (C=O) groups excluding carboxylic acids is 3. The van der Waals surface area contributed by atoms with Crippen molar-refractivity contribution in [3.8, 4) is 0 Å². The van der Waals surface area contributed by atoms with Crippen LogP contribution in [0.1, 0.15) is 24.8 Å². The fourth-order valence-corrected chi connectivity index (χ4v) is 3.37. The van der Waals surface area contributed by atoms with Gasteiger partial charge in [0.05, 0.1) is 19.2 Å². The van der Waals surface area contributed by atoms with Gasteiger partial charge in [0.25, 0.3) is 0 Å². The molecule has 0 spiro atoms. The number of benzene rings is 1. The quantitative estimate of drug-likeness (QED) is 0.147. The minimum Gasteiger partial charge on any atom is -0.480 e. The van der Waals surface area contributed by atoms with Crippen molar-refractivity contribution in [2.24, 2.45) is 11.5 Å². The average molecular weight is 477 g/mol. The summed E-state index contributed by atoms with van der Waals surface area (Å²) in [5.74, 6) is -3.37. The molecule has 186 valence electrons. The van der Waals surface area contributed by atoms with E-state index in [9.17, 15) is 29.4 Å². The largest absolute Gasteiger partial charge is 0.480 e. The summed E-state index contributed by atoms with van der Waals surface area (Å²) < 4.78 is 0. The first-order valence-electron chi connectivity index (χ1n) is 11.0. The zero-order chi connectivity index (χ0) is 25.1. The summed E-state index contributed by atoms with van der Waals surface area (Å²) in [6.07, 6.45) is 3.45. The lowest BCUT2D eigenvalue weighted by Crippen LogP contribution is -2.54. The standard InChI is InChI=1S/C22H32N6O6/c23-8-4-3-6-15(24)20(31)28-18(12-29)21(32)26-11-19(30)27-17(22(33)34)9-13-10-25-16-7-2-1-5-14(13)16/h1-2,5,7,10,15,17-18,25,29H,3-4,6,8-9,11-12,23-24H2,(H,26,32)(H,27,30)(H,28,31)(H,33,34). The van der Waals surface area contributed by atoms with Gasteiger partial charge in [0.2, 0.25) is 17.7 Å². The molecule has 2 aromatic rings. The number of amides is 3. The Labute approximate surface area is 196 Å². The first kappa shape index (κ1) is 26.8. The molecule has 0 bridgehead atoms. The lowest BCUT2D eigenvalue weighted by molar-refractivity contribution is -0.141. The van der Waals surface area contributed by atoms with Crippen LogP contribution in [0, 0.1) is 0 Å². The highest BCUT2D eigenvalue weighted by molar-refractivity contribution is 5.93. The summed E-state index contributed by atoms with van der Waals surface area (Å²) in [5.41, 5.74) is 12.7. The number of fused-ring (bicyclic) bond motifs is 1. The van der Waals surface area contributed by atoms with E-state index < -0.39 is 55.0 Å². The third-order valence-corrected chi connectivity index (χ3v) is 5.28. The van der Waals surface area contributed by atoms with Crippen LogP contribution in [0.4, 0.5) is 0 Å². The number of aliphatic hydroxyl groups excluding tert-OH is 1. The molecule has 0 radical (unpaired) electrons. The smallest absolute Gasteiger partial charge is 0.326 e. The molecule has 1 aromatic carbocycles. The van der Waals surface area contributed by atoms with E-state index in [0.717, 1.165) is 16.5 Å². The Kier molecular flexibility index (Phi) is 10.5. The molecule has 12 heteroatoms.